The van der Waals surface area contributed by atoms with Crippen LogP contribution < -0.4 is 4.74 Å². The van der Waals surface area contributed by atoms with Crippen molar-refractivity contribution in [2.24, 2.45) is 0 Å². The third kappa shape index (κ3) is 4.82. The van der Waals surface area contributed by atoms with Crippen molar-refractivity contribution in [3.8, 4) is 5.75 Å². The van der Waals surface area contributed by atoms with Crippen LogP contribution in [0, 0.1) is 0 Å². The van der Waals surface area contributed by atoms with E-state index in [0.29, 0.717) is 25.9 Å². The largest absolute Gasteiger partial charge is 0.494 e. The maximum atomic E-state index is 9.52. The molecule has 1 aliphatic rings. The number of hydrogen-bond donors (Lipinski definition) is 1. The Morgan fingerprint density at radius 1 is 1.26 bits per heavy atom. The molecule has 4 heteroatoms. The van der Waals surface area contributed by atoms with Gasteiger partial charge in [-0.1, -0.05) is 18.2 Å². The minimum atomic E-state index is -0.194. The summed E-state index contributed by atoms with van der Waals surface area (Å²) in [5.74, 6) is 0.904. The summed E-state index contributed by atoms with van der Waals surface area (Å²) in [5, 5.41) is 9.52. The van der Waals surface area contributed by atoms with Crippen molar-refractivity contribution in [3.05, 3.63) is 30.3 Å². The van der Waals surface area contributed by atoms with Gasteiger partial charge in [0.1, 0.15) is 5.75 Å². The first-order valence-corrected chi connectivity index (χ1v) is 6.89. The second-order valence-electron chi connectivity index (χ2n) is 5.07. The van der Waals surface area contributed by atoms with Crippen molar-refractivity contribution in [1.82, 2.24) is 4.90 Å². The van der Waals surface area contributed by atoms with Crippen molar-refractivity contribution in [3.63, 3.8) is 0 Å². The molecule has 1 fully saturated rings. The fourth-order valence-corrected chi connectivity index (χ4v) is 2.33. The molecule has 0 radical (unpaired) electrons. The summed E-state index contributed by atoms with van der Waals surface area (Å²) < 4.78 is 11.2. The lowest BCUT2D eigenvalue weighted by atomic mass is 10.2. The number of likely N-dealkylation sites (N-methyl/N-ethyl adjacent to an activating group) is 1. The van der Waals surface area contributed by atoms with Crippen LogP contribution in [0.3, 0.4) is 0 Å². The first kappa shape index (κ1) is 14.3. The van der Waals surface area contributed by atoms with Crippen LogP contribution >= 0.6 is 0 Å². The Kier molecular flexibility index (Phi) is 5.63. The molecule has 0 aliphatic carbocycles. The summed E-state index contributed by atoms with van der Waals surface area (Å²) in [4.78, 5) is 2.16. The number of ether oxygens (including phenoxy) is 2. The van der Waals surface area contributed by atoms with E-state index in [-0.39, 0.29) is 6.10 Å². The molecule has 0 bridgehead atoms. The number of β-amino-alcohol motifs (C(OH)–C–C–N with tert-alkyl or cyclic N) is 1. The third-order valence-corrected chi connectivity index (χ3v) is 3.42. The van der Waals surface area contributed by atoms with Crippen molar-refractivity contribution < 1.29 is 14.6 Å². The molecule has 2 rings (SSSR count). The van der Waals surface area contributed by atoms with E-state index in [1.807, 2.05) is 37.4 Å². The SMILES string of the molecule is CN1C[C@@H](O)C[C@@H]1COCCCOc1ccccc1. The van der Waals surface area contributed by atoms with E-state index in [0.717, 1.165) is 25.1 Å². The highest BCUT2D eigenvalue weighted by atomic mass is 16.5. The molecule has 106 valence electrons. The van der Waals surface area contributed by atoms with Crippen LogP contribution in [0.15, 0.2) is 30.3 Å². The van der Waals surface area contributed by atoms with E-state index in [1.165, 1.54) is 0 Å². The highest BCUT2D eigenvalue weighted by molar-refractivity contribution is 5.20. The third-order valence-electron chi connectivity index (χ3n) is 3.42. The van der Waals surface area contributed by atoms with Gasteiger partial charge in [0, 0.05) is 25.6 Å². The van der Waals surface area contributed by atoms with E-state index in [1.54, 1.807) is 0 Å². The molecule has 0 spiro atoms. The number of benzene rings is 1. The standard InChI is InChI=1S/C15H23NO3/c1-16-11-14(17)10-13(16)12-18-8-5-9-19-15-6-3-2-4-7-15/h2-4,6-7,13-14,17H,5,8-12H2,1H3/t13-,14+/m1/s1. The van der Waals surface area contributed by atoms with Crippen LogP contribution in [0.4, 0.5) is 0 Å². The van der Waals surface area contributed by atoms with Crippen molar-refractivity contribution in [1.29, 1.82) is 0 Å². The predicted octanol–water partition coefficient (Wildman–Crippen LogP) is 1.54. The molecule has 1 aliphatic heterocycles. The molecule has 0 amide bonds. The van der Waals surface area contributed by atoms with E-state index in [9.17, 15) is 5.11 Å². The number of aliphatic hydroxyl groups is 1. The van der Waals surface area contributed by atoms with Crippen LogP contribution in [0.2, 0.25) is 0 Å². The molecule has 1 aromatic carbocycles. The summed E-state index contributed by atoms with van der Waals surface area (Å²) in [6.07, 6.45) is 1.50. The Morgan fingerprint density at radius 3 is 2.74 bits per heavy atom. The minimum absolute atomic E-state index is 0.194. The Hall–Kier alpha value is -1.10. The topological polar surface area (TPSA) is 41.9 Å². The molecule has 0 unspecified atom stereocenters. The molecule has 4 nitrogen and oxygen atoms in total. The van der Waals surface area contributed by atoms with Gasteiger partial charge in [-0.05, 0) is 25.6 Å². The highest BCUT2D eigenvalue weighted by Crippen LogP contribution is 2.15. The van der Waals surface area contributed by atoms with Crippen molar-refractivity contribution in [2.75, 3.05) is 33.4 Å². The predicted molar refractivity (Wildman–Crippen MR) is 74.4 cm³/mol. The molecule has 0 saturated carbocycles. The number of likely N-dealkylation sites (tertiary alicyclic amines) is 1. The second kappa shape index (κ2) is 7.48. The molecule has 19 heavy (non-hydrogen) atoms. The average Bonchev–Trinajstić information content (AvgIpc) is 2.73. The zero-order chi connectivity index (χ0) is 13.5. The summed E-state index contributed by atoms with van der Waals surface area (Å²) in [7, 11) is 2.03. The van der Waals surface area contributed by atoms with Crippen molar-refractivity contribution in [2.45, 2.75) is 25.0 Å². The Bertz CT molecular complexity index is 358. The quantitative estimate of drug-likeness (QED) is 0.759. The normalized spacial score (nSPS) is 23.7. The maximum Gasteiger partial charge on any atom is 0.119 e. The van der Waals surface area contributed by atoms with Crippen LogP contribution in [0.5, 0.6) is 5.75 Å². The lowest BCUT2D eigenvalue weighted by molar-refractivity contribution is 0.0771. The van der Waals surface area contributed by atoms with Gasteiger partial charge in [-0.15, -0.1) is 0 Å². The molecule has 1 saturated heterocycles. The lowest BCUT2D eigenvalue weighted by Gasteiger charge is -2.18. The molecule has 1 heterocycles. The average molecular weight is 265 g/mol. The van der Waals surface area contributed by atoms with E-state index >= 15 is 0 Å². The monoisotopic (exact) mass is 265 g/mol. The van der Waals surface area contributed by atoms with Gasteiger partial charge >= 0.3 is 0 Å². The van der Waals surface area contributed by atoms with Crippen LogP contribution in [0.1, 0.15) is 12.8 Å². The number of para-hydroxylation sites is 1. The molecule has 1 aromatic rings. The van der Waals surface area contributed by atoms with Gasteiger partial charge in [-0.25, -0.2) is 0 Å². The highest BCUT2D eigenvalue weighted by Gasteiger charge is 2.27. The van der Waals surface area contributed by atoms with Gasteiger partial charge in [0.15, 0.2) is 0 Å². The summed E-state index contributed by atoms with van der Waals surface area (Å²) >= 11 is 0. The zero-order valence-corrected chi connectivity index (χ0v) is 11.5. The number of aliphatic hydroxyl groups excluding tert-OH is 1. The first-order valence-electron chi connectivity index (χ1n) is 6.89. The Labute approximate surface area is 114 Å². The Balaban J connectivity index is 1.51. The smallest absolute Gasteiger partial charge is 0.119 e. The van der Waals surface area contributed by atoms with Gasteiger partial charge in [0.2, 0.25) is 0 Å². The van der Waals surface area contributed by atoms with Crippen LogP contribution in [-0.4, -0.2) is 55.6 Å². The summed E-state index contributed by atoms with van der Waals surface area (Å²) in [5.41, 5.74) is 0. The summed E-state index contributed by atoms with van der Waals surface area (Å²) in [6.45, 7) is 2.82. The van der Waals surface area contributed by atoms with Gasteiger partial charge < -0.3 is 14.6 Å². The molecule has 2 atom stereocenters. The lowest BCUT2D eigenvalue weighted by Crippen LogP contribution is -2.29. The van der Waals surface area contributed by atoms with Crippen LogP contribution in [0.25, 0.3) is 0 Å². The number of nitrogens with zero attached hydrogens (tertiary/aromatic N) is 1. The minimum Gasteiger partial charge on any atom is -0.494 e. The van der Waals surface area contributed by atoms with E-state index in [4.69, 9.17) is 9.47 Å². The zero-order valence-electron chi connectivity index (χ0n) is 11.5. The second-order valence-corrected chi connectivity index (χ2v) is 5.07. The number of hydrogen-bond acceptors (Lipinski definition) is 4. The summed E-state index contributed by atoms with van der Waals surface area (Å²) in [6, 6.07) is 10.2. The van der Waals surface area contributed by atoms with Gasteiger partial charge in [0.05, 0.1) is 19.3 Å². The van der Waals surface area contributed by atoms with Gasteiger partial charge in [0.25, 0.3) is 0 Å². The van der Waals surface area contributed by atoms with Gasteiger partial charge in [-0.3, -0.25) is 4.90 Å². The fourth-order valence-electron chi connectivity index (χ4n) is 2.33. The number of rotatable bonds is 7. The Morgan fingerprint density at radius 2 is 2.05 bits per heavy atom. The van der Waals surface area contributed by atoms with Gasteiger partial charge in [-0.2, -0.15) is 0 Å². The van der Waals surface area contributed by atoms with E-state index < -0.39 is 0 Å². The molecular weight excluding hydrogens is 242 g/mol. The molecule has 1 N–H and O–H groups in total. The molecule has 0 aromatic heterocycles. The van der Waals surface area contributed by atoms with Crippen LogP contribution in [-0.2, 0) is 4.74 Å². The van der Waals surface area contributed by atoms with E-state index in [2.05, 4.69) is 4.90 Å². The van der Waals surface area contributed by atoms with Crippen molar-refractivity contribution >= 4 is 0 Å². The maximum absolute atomic E-state index is 9.52. The fraction of sp³-hybridized carbons (Fsp3) is 0.600. The first-order chi connectivity index (χ1) is 9.25. The molecular formula is C15H23NO3.